The SMILES string of the molecule is C[Si](C)(C)n1cnc2cncnc21. The van der Waals surface area contributed by atoms with Crippen LogP contribution in [0, 0.1) is 0 Å². The highest BCUT2D eigenvalue weighted by atomic mass is 28.3. The van der Waals surface area contributed by atoms with Crippen molar-refractivity contribution in [2.24, 2.45) is 0 Å². The van der Waals surface area contributed by atoms with Gasteiger partial charge in [-0.1, -0.05) is 19.6 Å². The second-order valence-electron chi connectivity index (χ2n) is 4.02. The Hall–Kier alpha value is -1.23. The third-order valence-corrected chi connectivity index (χ3v) is 3.71. The van der Waals surface area contributed by atoms with Crippen LogP contribution in [-0.2, 0) is 0 Å². The molecule has 0 unspecified atom stereocenters. The van der Waals surface area contributed by atoms with E-state index in [0.717, 1.165) is 11.2 Å². The molecule has 0 spiro atoms. The maximum absolute atomic E-state index is 4.26. The van der Waals surface area contributed by atoms with Gasteiger partial charge in [-0.15, -0.1) is 0 Å². The van der Waals surface area contributed by atoms with E-state index >= 15 is 0 Å². The van der Waals surface area contributed by atoms with E-state index < -0.39 is 8.24 Å². The molecule has 0 saturated carbocycles. The van der Waals surface area contributed by atoms with Gasteiger partial charge in [0.2, 0.25) is 0 Å². The van der Waals surface area contributed by atoms with Crippen LogP contribution < -0.4 is 0 Å². The summed E-state index contributed by atoms with van der Waals surface area (Å²) in [6.07, 6.45) is 5.19. The Morgan fingerprint density at radius 3 is 2.69 bits per heavy atom. The molecule has 0 aliphatic heterocycles. The lowest BCUT2D eigenvalue weighted by atomic mass is 10.6. The molecule has 5 heteroatoms. The van der Waals surface area contributed by atoms with Crippen LogP contribution in [0.5, 0.6) is 0 Å². The Morgan fingerprint density at radius 1 is 1.23 bits per heavy atom. The first-order valence-electron chi connectivity index (χ1n) is 4.22. The summed E-state index contributed by atoms with van der Waals surface area (Å²) >= 11 is 0. The van der Waals surface area contributed by atoms with E-state index in [4.69, 9.17) is 0 Å². The molecule has 2 rings (SSSR count). The van der Waals surface area contributed by atoms with Crippen molar-refractivity contribution in [2.75, 3.05) is 0 Å². The van der Waals surface area contributed by atoms with E-state index in [1.807, 2.05) is 6.33 Å². The summed E-state index contributed by atoms with van der Waals surface area (Å²) in [7, 11) is -1.38. The van der Waals surface area contributed by atoms with Gasteiger partial charge in [0.25, 0.3) is 0 Å². The predicted octanol–water partition coefficient (Wildman–Crippen LogP) is 1.51. The van der Waals surface area contributed by atoms with Gasteiger partial charge in [-0.3, -0.25) is 0 Å². The summed E-state index contributed by atoms with van der Waals surface area (Å²) in [5.41, 5.74) is 1.83. The monoisotopic (exact) mass is 192 g/mol. The van der Waals surface area contributed by atoms with Crippen LogP contribution >= 0.6 is 0 Å². The highest BCUT2D eigenvalue weighted by Crippen LogP contribution is 2.13. The molecule has 2 heterocycles. The normalized spacial score (nSPS) is 12.2. The van der Waals surface area contributed by atoms with Crippen LogP contribution in [0.2, 0.25) is 19.6 Å². The smallest absolute Gasteiger partial charge is 0.156 e. The summed E-state index contributed by atoms with van der Waals surface area (Å²) in [5.74, 6) is 0. The average Bonchev–Trinajstić information content (AvgIpc) is 2.45. The largest absolute Gasteiger partial charge is 0.344 e. The Kier molecular flexibility index (Phi) is 1.69. The van der Waals surface area contributed by atoms with Gasteiger partial charge in [0, 0.05) is 0 Å². The van der Waals surface area contributed by atoms with Gasteiger partial charge in [0.1, 0.15) is 11.8 Å². The van der Waals surface area contributed by atoms with Gasteiger partial charge >= 0.3 is 0 Å². The molecular formula is C8H12N4Si. The zero-order chi connectivity index (χ0) is 9.47. The number of hydrogen-bond acceptors (Lipinski definition) is 3. The van der Waals surface area contributed by atoms with Crippen LogP contribution in [-0.4, -0.2) is 27.4 Å². The van der Waals surface area contributed by atoms with E-state index in [1.54, 1.807) is 12.5 Å². The van der Waals surface area contributed by atoms with Crippen molar-refractivity contribution in [1.29, 1.82) is 0 Å². The third kappa shape index (κ3) is 1.35. The fourth-order valence-corrected chi connectivity index (χ4v) is 2.47. The summed E-state index contributed by atoms with van der Waals surface area (Å²) in [5, 5.41) is 0. The van der Waals surface area contributed by atoms with Crippen LogP contribution in [0.4, 0.5) is 0 Å². The van der Waals surface area contributed by atoms with Crippen molar-refractivity contribution in [3.8, 4) is 0 Å². The zero-order valence-corrected chi connectivity index (χ0v) is 9.02. The van der Waals surface area contributed by atoms with Gasteiger partial charge < -0.3 is 4.23 Å². The van der Waals surface area contributed by atoms with Gasteiger partial charge in [0.15, 0.2) is 13.9 Å². The Balaban J connectivity index is 2.72. The van der Waals surface area contributed by atoms with Crippen LogP contribution in [0.1, 0.15) is 0 Å². The number of imidazole rings is 1. The molecule has 0 atom stereocenters. The number of hydrogen-bond donors (Lipinski definition) is 0. The molecule has 0 aromatic carbocycles. The number of fused-ring (bicyclic) bond motifs is 1. The minimum atomic E-state index is -1.38. The highest BCUT2D eigenvalue weighted by molar-refractivity contribution is 6.75. The fraction of sp³-hybridized carbons (Fsp3) is 0.375. The summed E-state index contributed by atoms with van der Waals surface area (Å²) in [6.45, 7) is 6.78. The third-order valence-electron chi connectivity index (χ3n) is 1.94. The molecular weight excluding hydrogens is 180 g/mol. The van der Waals surface area contributed by atoms with Gasteiger partial charge in [0.05, 0.1) is 12.5 Å². The van der Waals surface area contributed by atoms with E-state index in [2.05, 4.69) is 38.8 Å². The number of rotatable bonds is 1. The first-order chi connectivity index (χ1) is 6.09. The Bertz CT molecular complexity index is 429. The first-order valence-corrected chi connectivity index (χ1v) is 7.67. The lowest BCUT2D eigenvalue weighted by Gasteiger charge is -2.17. The minimum Gasteiger partial charge on any atom is -0.344 e. The summed E-state index contributed by atoms with van der Waals surface area (Å²) in [4.78, 5) is 12.4. The molecule has 2 aromatic rings. The molecule has 0 saturated heterocycles. The van der Waals surface area contributed by atoms with Crippen LogP contribution in [0.3, 0.4) is 0 Å². The van der Waals surface area contributed by atoms with Crippen LogP contribution in [0.25, 0.3) is 11.2 Å². The standard InChI is InChI=1S/C8H12N4Si/c1-13(2,3)12-6-11-7-4-9-5-10-8(7)12/h4-6H,1-3H3. The second-order valence-corrected chi connectivity index (χ2v) is 8.84. The topological polar surface area (TPSA) is 43.6 Å². The average molecular weight is 192 g/mol. The van der Waals surface area contributed by atoms with E-state index in [9.17, 15) is 0 Å². The molecule has 0 aliphatic carbocycles. The van der Waals surface area contributed by atoms with Crippen LogP contribution in [0.15, 0.2) is 18.9 Å². The molecule has 2 aromatic heterocycles. The van der Waals surface area contributed by atoms with Crippen molar-refractivity contribution in [3.63, 3.8) is 0 Å². The summed E-state index contributed by atoms with van der Waals surface area (Å²) < 4.78 is 2.18. The molecule has 4 nitrogen and oxygen atoms in total. The van der Waals surface area contributed by atoms with Gasteiger partial charge in [-0.05, 0) is 0 Å². The van der Waals surface area contributed by atoms with Gasteiger partial charge in [-0.25, -0.2) is 15.0 Å². The summed E-state index contributed by atoms with van der Waals surface area (Å²) in [6, 6.07) is 0. The maximum Gasteiger partial charge on any atom is 0.156 e. The number of nitrogens with zero attached hydrogens (tertiary/aromatic N) is 4. The highest BCUT2D eigenvalue weighted by Gasteiger charge is 2.19. The molecule has 0 aliphatic rings. The Labute approximate surface area is 77.7 Å². The fourth-order valence-electron chi connectivity index (χ4n) is 1.26. The molecule has 0 fully saturated rings. The molecule has 68 valence electrons. The zero-order valence-electron chi connectivity index (χ0n) is 8.02. The molecule has 0 radical (unpaired) electrons. The molecule has 0 amide bonds. The predicted molar refractivity (Wildman–Crippen MR) is 54.1 cm³/mol. The molecule has 0 bridgehead atoms. The van der Waals surface area contributed by atoms with E-state index in [0.29, 0.717) is 0 Å². The first kappa shape index (κ1) is 8.37. The lowest BCUT2D eigenvalue weighted by molar-refractivity contribution is 1.11. The lowest BCUT2D eigenvalue weighted by Crippen LogP contribution is -2.31. The molecule has 13 heavy (non-hydrogen) atoms. The van der Waals surface area contributed by atoms with Crippen molar-refractivity contribution < 1.29 is 0 Å². The minimum absolute atomic E-state index is 0.880. The van der Waals surface area contributed by atoms with E-state index in [-0.39, 0.29) is 0 Å². The number of aromatic nitrogens is 4. The van der Waals surface area contributed by atoms with Crippen molar-refractivity contribution in [2.45, 2.75) is 19.6 Å². The van der Waals surface area contributed by atoms with Gasteiger partial charge in [-0.2, -0.15) is 0 Å². The van der Waals surface area contributed by atoms with Crippen molar-refractivity contribution >= 4 is 19.4 Å². The maximum atomic E-state index is 4.26. The quantitative estimate of drug-likeness (QED) is 0.643. The van der Waals surface area contributed by atoms with Crippen molar-refractivity contribution in [3.05, 3.63) is 18.9 Å². The van der Waals surface area contributed by atoms with Crippen molar-refractivity contribution in [1.82, 2.24) is 19.2 Å². The van der Waals surface area contributed by atoms with E-state index in [1.165, 1.54) is 0 Å². The molecule has 0 N–H and O–H groups in total. The Morgan fingerprint density at radius 2 is 2.00 bits per heavy atom. The second kappa shape index (κ2) is 2.63.